The van der Waals surface area contributed by atoms with Gasteiger partial charge in [0.15, 0.2) is 12.4 Å². The first-order chi connectivity index (χ1) is 10.6. The molecule has 1 aromatic carbocycles. The number of carbonyl (C=O) groups excluding carboxylic acids is 1. The standard InChI is InChI=1S/C17H21N3O2/c1-3-19(16-7-5-4-6-14(16)2)13-10-18-17(21)15-8-11-20(22)12-9-15/h4-9,11-12H,3,10,13H2,1-2H3,(H,18,21). The number of hydrogen-bond acceptors (Lipinski definition) is 3. The summed E-state index contributed by atoms with van der Waals surface area (Å²) in [6, 6.07) is 11.2. The van der Waals surface area contributed by atoms with E-state index in [0.717, 1.165) is 13.1 Å². The maximum absolute atomic E-state index is 12.0. The monoisotopic (exact) mass is 299 g/mol. The topological polar surface area (TPSA) is 59.3 Å². The number of amides is 1. The highest BCUT2D eigenvalue weighted by Crippen LogP contribution is 2.18. The summed E-state index contributed by atoms with van der Waals surface area (Å²) in [5.74, 6) is -0.165. The minimum atomic E-state index is -0.165. The van der Waals surface area contributed by atoms with Gasteiger partial charge in [0.05, 0.1) is 5.56 Å². The van der Waals surface area contributed by atoms with Gasteiger partial charge in [0.25, 0.3) is 5.91 Å². The average Bonchev–Trinajstić information content (AvgIpc) is 2.53. The van der Waals surface area contributed by atoms with E-state index in [1.54, 1.807) is 0 Å². The van der Waals surface area contributed by atoms with E-state index in [2.05, 4.69) is 36.2 Å². The Labute approximate surface area is 130 Å². The number of benzene rings is 1. The molecule has 2 rings (SSSR count). The highest BCUT2D eigenvalue weighted by molar-refractivity contribution is 5.93. The summed E-state index contributed by atoms with van der Waals surface area (Å²) in [4.78, 5) is 14.2. The van der Waals surface area contributed by atoms with E-state index in [9.17, 15) is 10.0 Å². The van der Waals surface area contributed by atoms with Gasteiger partial charge >= 0.3 is 0 Å². The Bertz CT molecular complexity index is 626. The van der Waals surface area contributed by atoms with Gasteiger partial charge in [-0.15, -0.1) is 0 Å². The third-order valence-electron chi connectivity index (χ3n) is 3.57. The SMILES string of the molecule is CCN(CCNC(=O)c1cc[n+]([O-])cc1)c1ccccc1C. The summed E-state index contributed by atoms with van der Waals surface area (Å²) >= 11 is 0. The Morgan fingerprint density at radius 3 is 2.55 bits per heavy atom. The second-order valence-corrected chi connectivity index (χ2v) is 5.07. The van der Waals surface area contributed by atoms with Crippen LogP contribution in [-0.2, 0) is 0 Å². The van der Waals surface area contributed by atoms with Crippen LogP contribution in [0.2, 0.25) is 0 Å². The van der Waals surface area contributed by atoms with Crippen molar-refractivity contribution in [3.05, 3.63) is 65.1 Å². The number of aromatic nitrogens is 1. The van der Waals surface area contributed by atoms with Gasteiger partial charge < -0.3 is 15.4 Å². The van der Waals surface area contributed by atoms with Gasteiger partial charge in [-0.2, -0.15) is 4.73 Å². The van der Waals surface area contributed by atoms with Gasteiger partial charge in [-0.1, -0.05) is 18.2 Å². The Morgan fingerprint density at radius 2 is 1.91 bits per heavy atom. The van der Waals surface area contributed by atoms with Crippen molar-refractivity contribution in [2.24, 2.45) is 0 Å². The molecule has 116 valence electrons. The lowest BCUT2D eigenvalue weighted by Crippen LogP contribution is -2.35. The van der Waals surface area contributed by atoms with E-state index in [1.807, 2.05) is 12.1 Å². The highest BCUT2D eigenvalue weighted by Gasteiger charge is 2.09. The van der Waals surface area contributed by atoms with Crippen molar-refractivity contribution in [2.75, 3.05) is 24.5 Å². The first-order valence-corrected chi connectivity index (χ1v) is 7.39. The fraction of sp³-hybridized carbons (Fsp3) is 0.294. The number of para-hydroxylation sites is 1. The first-order valence-electron chi connectivity index (χ1n) is 7.39. The van der Waals surface area contributed by atoms with Crippen LogP contribution in [0.1, 0.15) is 22.8 Å². The van der Waals surface area contributed by atoms with Crippen molar-refractivity contribution in [1.29, 1.82) is 0 Å². The van der Waals surface area contributed by atoms with Gasteiger partial charge in [0, 0.05) is 37.5 Å². The number of aryl methyl sites for hydroxylation is 1. The number of anilines is 1. The summed E-state index contributed by atoms with van der Waals surface area (Å²) in [5, 5.41) is 13.8. The number of nitrogens with zero attached hydrogens (tertiary/aromatic N) is 2. The Hall–Kier alpha value is -2.56. The van der Waals surface area contributed by atoms with Crippen molar-refractivity contribution in [3.8, 4) is 0 Å². The van der Waals surface area contributed by atoms with Crippen molar-refractivity contribution >= 4 is 11.6 Å². The van der Waals surface area contributed by atoms with Crippen molar-refractivity contribution in [2.45, 2.75) is 13.8 Å². The van der Waals surface area contributed by atoms with Crippen LogP contribution in [-0.4, -0.2) is 25.5 Å². The van der Waals surface area contributed by atoms with Gasteiger partial charge in [-0.05, 0) is 25.5 Å². The molecule has 0 bridgehead atoms. The van der Waals surface area contributed by atoms with Crippen LogP contribution in [0.15, 0.2) is 48.8 Å². The third-order valence-corrected chi connectivity index (χ3v) is 3.57. The van der Waals surface area contributed by atoms with Crippen LogP contribution < -0.4 is 14.9 Å². The molecular formula is C17H21N3O2. The fourth-order valence-electron chi connectivity index (χ4n) is 2.34. The predicted molar refractivity (Wildman–Crippen MR) is 86.8 cm³/mol. The molecule has 1 N–H and O–H groups in total. The van der Waals surface area contributed by atoms with E-state index in [-0.39, 0.29) is 5.91 Å². The van der Waals surface area contributed by atoms with Crippen LogP contribution in [0.4, 0.5) is 5.69 Å². The summed E-state index contributed by atoms with van der Waals surface area (Å²) in [5.41, 5.74) is 2.90. The predicted octanol–water partition coefficient (Wildman–Crippen LogP) is 1.88. The Balaban J connectivity index is 1.90. The van der Waals surface area contributed by atoms with E-state index < -0.39 is 0 Å². The van der Waals surface area contributed by atoms with Crippen LogP contribution in [0.5, 0.6) is 0 Å². The van der Waals surface area contributed by atoms with Gasteiger partial charge in [-0.25, -0.2) is 0 Å². The second kappa shape index (κ2) is 7.45. The molecule has 0 spiro atoms. The Kier molecular flexibility index (Phi) is 5.36. The van der Waals surface area contributed by atoms with Crippen molar-refractivity contribution in [3.63, 3.8) is 0 Å². The molecular weight excluding hydrogens is 278 g/mol. The molecule has 0 saturated heterocycles. The molecule has 0 aliphatic carbocycles. The van der Waals surface area contributed by atoms with Crippen molar-refractivity contribution in [1.82, 2.24) is 5.32 Å². The molecule has 0 radical (unpaired) electrons. The smallest absolute Gasteiger partial charge is 0.251 e. The molecule has 2 aromatic rings. The summed E-state index contributed by atoms with van der Waals surface area (Å²) < 4.78 is 0.660. The lowest BCUT2D eigenvalue weighted by molar-refractivity contribution is -0.605. The van der Waals surface area contributed by atoms with E-state index in [0.29, 0.717) is 16.8 Å². The molecule has 0 fully saturated rings. The highest BCUT2D eigenvalue weighted by atomic mass is 16.5. The number of nitrogens with one attached hydrogen (secondary N) is 1. The number of carbonyl (C=O) groups is 1. The molecule has 0 unspecified atom stereocenters. The number of hydrogen-bond donors (Lipinski definition) is 1. The van der Waals surface area contributed by atoms with Crippen LogP contribution in [0, 0.1) is 12.1 Å². The van der Waals surface area contributed by atoms with Crippen molar-refractivity contribution < 1.29 is 9.52 Å². The average molecular weight is 299 g/mol. The number of rotatable bonds is 6. The normalized spacial score (nSPS) is 10.3. The molecule has 5 nitrogen and oxygen atoms in total. The summed E-state index contributed by atoms with van der Waals surface area (Å²) in [6.07, 6.45) is 2.64. The zero-order chi connectivity index (χ0) is 15.9. The van der Waals surface area contributed by atoms with Gasteiger partial charge in [0.1, 0.15) is 0 Å². The van der Waals surface area contributed by atoms with E-state index >= 15 is 0 Å². The molecule has 1 aromatic heterocycles. The minimum absolute atomic E-state index is 0.165. The number of likely N-dealkylation sites (N-methyl/N-ethyl adjacent to an activating group) is 1. The first kappa shape index (κ1) is 15.8. The summed E-state index contributed by atoms with van der Waals surface area (Å²) in [7, 11) is 0. The van der Waals surface area contributed by atoms with E-state index in [1.165, 1.54) is 35.8 Å². The molecule has 1 amide bonds. The second-order valence-electron chi connectivity index (χ2n) is 5.07. The minimum Gasteiger partial charge on any atom is -0.619 e. The Morgan fingerprint density at radius 1 is 1.23 bits per heavy atom. The lowest BCUT2D eigenvalue weighted by atomic mass is 10.2. The molecule has 1 heterocycles. The summed E-state index contributed by atoms with van der Waals surface area (Å²) in [6.45, 7) is 6.34. The molecule has 5 heteroatoms. The van der Waals surface area contributed by atoms with Gasteiger partial charge in [0.2, 0.25) is 0 Å². The van der Waals surface area contributed by atoms with Crippen LogP contribution >= 0.6 is 0 Å². The van der Waals surface area contributed by atoms with Gasteiger partial charge in [-0.3, -0.25) is 4.79 Å². The third kappa shape index (κ3) is 3.97. The maximum Gasteiger partial charge on any atom is 0.251 e. The van der Waals surface area contributed by atoms with E-state index in [4.69, 9.17) is 0 Å². The van der Waals surface area contributed by atoms with Crippen LogP contribution in [0.3, 0.4) is 0 Å². The molecule has 22 heavy (non-hydrogen) atoms. The molecule has 0 saturated carbocycles. The molecule has 0 atom stereocenters. The lowest BCUT2D eigenvalue weighted by Gasteiger charge is -2.25. The quantitative estimate of drug-likeness (QED) is 0.654. The largest absolute Gasteiger partial charge is 0.619 e. The maximum atomic E-state index is 12.0. The zero-order valence-electron chi connectivity index (χ0n) is 13.0. The zero-order valence-corrected chi connectivity index (χ0v) is 13.0. The molecule has 0 aliphatic heterocycles. The molecule has 0 aliphatic rings. The van der Waals surface area contributed by atoms with Crippen LogP contribution in [0.25, 0.3) is 0 Å². The fourth-order valence-corrected chi connectivity index (χ4v) is 2.34. The number of pyridine rings is 1.